The van der Waals surface area contributed by atoms with Crippen molar-refractivity contribution in [2.24, 2.45) is 0 Å². The Balaban J connectivity index is 2.14. The lowest BCUT2D eigenvalue weighted by Gasteiger charge is -2.34. The Hall–Kier alpha value is -3.67. The molecule has 0 aliphatic rings. The number of carbonyl (C=O) groups excluding carboxylic acids is 2. The largest absolute Gasteiger partial charge is 0.352 e. The fourth-order valence-corrected chi connectivity index (χ4v) is 6.11. The summed E-state index contributed by atoms with van der Waals surface area (Å²) in [4.78, 5) is 39.2. The zero-order valence-electron chi connectivity index (χ0n) is 22.7. The van der Waals surface area contributed by atoms with Gasteiger partial charge in [0.1, 0.15) is 12.6 Å². The molecule has 2 amide bonds. The third kappa shape index (κ3) is 7.75. The second-order valence-electron chi connectivity index (χ2n) is 9.41. The van der Waals surface area contributed by atoms with E-state index in [-0.39, 0.29) is 45.3 Å². The lowest BCUT2D eigenvalue weighted by atomic mass is 10.1. The van der Waals surface area contributed by atoms with Gasteiger partial charge in [0.2, 0.25) is 11.8 Å². The molecule has 3 aromatic carbocycles. The first-order valence-electron chi connectivity index (χ1n) is 12.7. The molecule has 0 aliphatic carbocycles. The van der Waals surface area contributed by atoms with Crippen molar-refractivity contribution >= 4 is 56.4 Å². The van der Waals surface area contributed by atoms with Crippen molar-refractivity contribution in [3.63, 3.8) is 0 Å². The molecule has 218 valence electrons. The average Bonchev–Trinajstić information content (AvgIpc) is 2.93. The third-order valence-electron chi connectivity index (χ3n) is 6.15. The summed E-state index contributed by atoms with van der Waals surface area (Å²) in [5.74, 6) is -1.18. The first-order valence-corrected chi connectivity index (χ1v) is 14.9. The lowest BCUT2D eigenvalue weighted by molar-refractivity contribution is -0.384. The Kier molecular flexibility index (Phi) is 10.7. The van der Waals surface area contributed by atoms with Gasteiger partial charge in [-0.1, -0.05) is 60.5 Å². The summed E-state index contributed by atoms with van der Waals surface area (Å²) in [6.07, 6.45) is 0.203. The average molecular weight is 622 g/mol. The van der Waals surface area contributed by atoms with Crippen molar-refractivity contribution < 1.29 is 22.9 Å². The summed E-state index contributed by atoms with van der Waals surface area (Å²) in [5, 5.41) is 14.8. The van der Waals surface area contributed by atoms with Gasteiger partial charge in [-0.25, -0.2) is 8.42 Å². The number of hydrogen-bond donors (Lipinski definition) is 1. The number of halogens is 2. The molecule has 0 aliphatic heterocycles. The van der Waals surface area contributed by atoms with Gasteiger partial charge in [0.25, 0.3) is 15.7 Å². The molecular weight excluding hydrogens is 591 g/mol. The summed E-state index contributed by atoms with van der Waals surface area (Å²) in [7, 11) is -4.38. The molecule has 10 nitrogen and oxygen atoms in total. The van der Waals surface area contributed by atoms with Crippen LogP contribution in [0.3, 0.4) is 0 Å². The summed E-state index contributed by atoms with van der Waals surface area (Å²) >= 11 is 12.8. The van der Waals surface area contributed by atoms with E-state index in [1.165, 1.54) is 47.4 Å². The van der Waals surface area contributed by atoms with Crippen LogP contribution in [0.1, 0.15) is 32.8 Å². The molecular formula is C28H30Cl2N4O6S. The fraction of sp³-hybridized carbons (Fsp3) is 0.286. The number of hydrogen-bond acceptors (Lipinski definition) is 6. The summed E-state index contributed by atoms with van der Waals surface area (Å²) in [6, 6.07) is 16.0. The van der Waals surface area contributed by atoms with Gasteiger partial charge < -0.3 is 10.2 Å². The van der Waals surface area contributed by atoms with Crippen LogP contribution in [0, 0.1) is 10.1 Å². The molecule has 0 saturated carbocycles. The topological polar surface area (TPSA) is 130 Å². The number of benzene rings is 3. The molecule has 0 spiro atoms. The number of sulfonamides is 1. The van der Waals surface area contributed by atoms with Gasteiger partial charge in [-0.05, 0) is 50.6 Å². The van der Waals surface area contributed by atoms with Crippen LogP contribution in [0.25, 0.3) is 0 Å². The van der Waals surface area contributed by atoms with Gasteiger partial charge in [0, 0.05) is 40.3 Å². The molecule has 0 heterocycles. The van der Waals surface area contributed by atoms with Gasteiger partial charge in [-0.2, -0.15) is 0 Å². The van der Waals surface area contributed by atoms with Gasteiger partial charge in [0.15, 0.2) is 0 Å². The predicted molar refractivity (Wildman–Crippen MR) is 158 cm³/mol. The van der Waals surface area contributed by atoms with Crippen LogP contribution in [0.4, 0.5) is 11.4 Å². The van der Waals surface area contributed by atoms with E-state index in [0.717, 1.165) is 10.4 Å². The van der Waals surface area contributed by atoms with Crippen LogP contribution in [0.5, 0.6) is 0 Å². The van der Waals surface area contributed by atoms with E-state index < -0.39 is 39.3 Å². The Bertz CT molecular complexity index is 1500. The molecule has 41 heavy (non-hydrogen) atoms. The van der Waals surface area contributed by atoms with Crippen LogP contribution < -0.4 is 9.62 Å². The maximum Gasteiger partial charge on any atom is 0.271 e. The van der Waals surface area contributed by atoms with Crippen molar-refractivity contribution in [1.29, 1.82) is 0 Å². The van der Waals surface area contributed by atoms with Crippen LogP contribution in [0.2, 0.25) is 10.0 Å². The molecule has 1 atom stereocenters. The maximum atomic E-state index is 14.1. The van der Waals surface area contributed by atoms with Gasteiger partial charge >= 0.3 is 0 Å². The van der Waals surface area contributed by atoms with Gasteiger partial charge in [-0.15, -0.1) is 0 Å². The van der Waals surface area contributed by atoms with E-state index >= 15 is 0 Å². The number of nitrogens with zero attached hydrogens (tertiary/aromatic N) is 3. The van der Waals surface area contributed by atoms with Crippen molar-refractivity contribution in [2.75, 3.05) is 10.8 Å². The lowest BCUT2D eigenvalue weighted by Crippen LogP contribution is -2.53. The zero-order valence-corrected chi connectivity index (χ0v) is 25.0. The number of nitrogens with one attached hydrogen (secondary N) is 1. The summed E-state index contributed by atoms with van der Waals surface area (Å²) in [5.41, 5.74) is -0.0646. The normalized spacial score (nSPS) is 12.0. The van der Waals surface area contributed by atoms with E-state index in [2.05, 4.69) is 5.32 Å². The summed E-state index contributed by atoms with van der Waals surface area (Å²) < 4.78 is 28.4. The van der Waals surface area contributed by atoms with Crippen molar-refractivity contribution in [2.45, 2.75) is 50.7 Å². The van der Waals surface area contributed by atoms with E-state index in [9.17, 15) is 28.1 Å². The van der Waals surface area contributed by atoms with Gasteiger partial charge in [0.05, 0.1) is 15.5 Å². The Morgan fingerprint density at radius 3 is 2.15 bits per heavy atom. The molecule has 3 rings (SSSR count). The van der Waals surface area contributed by atoms with Crippen LogP contribution in [-0.2, 0) is 26.2 Å². The molecule has 0 aromatic heterocycles. The molecule has 13 heteroatoms. The zero-order chi connectivity index (χ0) is 30.3. The molecule has 1 N–H and O–H groups in total. The molecule has 0 unspecified atom stereocenters. The van der Waals surface area contributed by atoms with Crippen LogP contribution in [-0.4, -0.2) is 48.7 Å². The molecule has 3 aromatic rings. The van der Waals surface area contributed by atoms with Crippen molar-refractivity contribution in [3.05, 3.63) is 98.5 Å². The van der Waals surface area contributed by atoms with E-state index in [1.54, 1.807) is 45.0 Å². The quantitative estimate of drug-likeness (QED) is 0.212. The van der Waals surface area contributed by atoms with Crippen molar-refractivity contribution in [1.82, 2.24) is 10.2 Å². The fourth-order valence-electron chi connectivity index (χ4n) is 4.16. The number of carbonyl (C=O) groups is 2. The Morgan fingerprint density at radius 1 is 0.976 bits per heavy atom. The number of nitro benzene ring substituents is 1. The predicted octanol–water partition coefficient (Wildman–Crippen LogP) is 5.43. The number of anilines is 1. The standard InChI is InChI=1S/C28H30Cl2N4O6S/c1-4-26(28(36)31-19(2)3)32(17-23-24(29)14-9-15-25(23)30)27(35)18-33(20-10-8-11-21(16-20)34(37)38)41(39,40)22-12-6-5-7-13-22/h5-16,19,26H,4,17-18H2,1-3H3,(H,31,36)/t26-/m0/s1. The molecule has 0 fully saturated rings. The first-order chi connectivity index (χ1) is 19.4. The van der Waals surface area contributed by atoms with Crippen LogP contribution in [0.15, 0.2) is 77.7 Å². The minimum absolute atomic E-state index is 0.0909. The molecule has 0 saturated heterocycles. The molecule has 0 bridgehead atoms. The van der Waals surface area contributed by atoms with E-state index in [4.69, 9.17) is 23.2 Å². The highest BCUT2D eigenvalue weighted by atomic mass is 35.5. The Labute approximate surface area is 249 Å². The monoisotopic (exact) mass is 620 g/mol. The minimum atomic E-state index is -4.38. The molecule has 0 radical (unpaired) electrons. The second-order valence-corrected chi connectivity index (χ2v) is 12.1. The number of non-ortho nitro benzene ring substituents is 1. The smallest absolute Gasteiger partial charge is 0.271 e. The first kappa shape index (κ1) is 31.9. The maximum absolute atomic E-state index is 14.1. The minimum Gasteiger partial charge on any atom is -0.352 e. The number of nitro groups is 1. The SMILES string of the molecule is CC[C@@H](C(=O)NC(C)C)N(Cc1c(Cl)cccc1Cl)C(=O)CN(c1cccc([N+](=O)[O-])c1)S(=O)(=O)c1ccccc1. The Morgan fingerprint density at radius 2 is 1.59 bits per heavy atom. The highest BCUT2D eigenvalue weighted by molar-refractivity contribution is 7.92. The van der Waals surface area contributed by atoms with Crippen molar-refractivity contribution in [3.8, 4) is 0 Å². The number of amides is 2. The number of rotatable bonds is 12. The van der Waals surface area contributed by atoms with Crippen LogP contribution >= 0.6 is 23.2 Å². The second kappa shape index (κ2) is 13.8. The highest BCUT2D eigenvalue weighted by Crippen LogP contribution is 2.30. The summed E-state index contributed by atoms with van der Waals surface area (Å²) in [6.45, 7) is 4.33. The third-order valence-corrected chi connectivity index (χ3v) is 8.64. The highest BCUT2D eigenvalue weighted by Gasteiger charge is 2.34. The van der Waals surface area contributed by atoms with E-state index in [0.29, 0.717) is 5.56 Å². The van der Waals surface area contributed by atoms with E-state index in [1.807, 2.05) is 0 Å². The van der Waals surface area contributed by atoms with Gasteiger partial charge in [-0.3, -0.25) is 24.0 Å².